The Bertz CT molecular complexity index is 1610. The van der Waals surface area contributed by atoms with Crippen LogP contribution in [0, 0.1) is 6.92 Å². The van der Waals surface area contributed by atoms with Gasteiger partial charge in [-0.05, 0) is 69.1 Å². The third kappa shape index (κ3) is 5.13. The van der Waals surface area contributed by atoms with Gasteiger partial charge in [0.05, 0.1) is 10.6 Å². The minimum atomic E-state index is -4.38. The van der Waals surface area contributed by atoms with Gasteiger partial charge in [0.1, 0.15) is 17.7 Å². The lowest BCUT2D eigenvalue weighted by atomic mass is 10.0. The Kier molecular flexibility index (Phi) is 7.26. The second-order valence-electron chi connectivity index (χ2n) is 10.1. The van der Waals surface area contributed by atoms with E-state index < -0.39 is 21.6 Å². The van der Waals surface area contributed by atoms with Gasteiger partial charge in [-0.25, -0.2) is 9.97 Å². The largest absolute Gasteiger partial charge is 0.408 e. The summed E-state index contributed by atoms with van der Waals surface area (Å²) in [4.78, 5) is 14.6. The molecule has 2 aliphatic rings. The number of thiazole rings is 1. The van der Waals surface area contributed by atoms with Gasteiger partial charge in [0, 0.05) is 34.9 Å². The van der Waals surface area contributed by atoms with Gasteiger partial charge in [-0.3, -0.25) is 4.72 Å². The third-order valence-corrected chi connectivity index (χ3v) is 10.5. The highest BCUT2D eigenvalue weighted by atomic mass is 32.2. The highest BCUT2D eigenvalue weighted by Gasteiger charge is 2.43. The van der Waals surface area contributed by atoms with Crippen LogP contribution in [0.25, 0.3) is 16.1 Å². The normalized spacial score (nSPS) is 16.6. The highest BCUT2D eigenvalue weighted by Crippen LogP contribution is 2.47. The van der Waals surface area contributed by atoms with Gasteiger partial charge < -0.3 is 15.1 Å². The Morgan fingerprint density at radius 2 is 1.90 bits per heavy atom. The number of anilines is 3. The molecule has 2 aliphatic heterocycles. The molecule has 0 aliphatic carbocycles. The molecular formula is C29H33F3N6S2. The number of pyridine rings is 1. The van der Waals surface area contributed by atoms with Gasteiger partial charge in [0.25, 0.3) is 0 Å². The first-order valence-electron chi connectivity index (χ1n) is 12.8. The first-order valence-corrected chi connectivity index (χ1v) is 15.6. The summed E-state index contributed by atoms with van der Waals surface area (Å²) in [7, 11) is -0.251. The summed E-state index contributed by atoms with van der Waals surface area (Å²) in [6, 6.07) is 8.06. The molecule has 0 spiro atoms. The van der Waals surface area contributed by atoms with Crippen LogP contribution < -0.4 is 14.9 Å². The van der Waals surface area contributed by atoms with Crippen molar-refractivity contribution in [1.82, 2.24) is 19.6 Å². The number of hydrogen-bond acceptors (Lipinski definition) is 7. The van der Waals surface area contributed by atoms with E-state index >= 15 is 0 Å². The third-order valence-electron chi connectivity index (χ3n) is 7.45. The van der Waals surface area contributed by atoms with E-state index in [4.69, 9.17) is 9.97 Å². The number of nitrogens with one attached hydrogen (secondary N) is 2. The van der Waals surface area contributed by atoms with Gasteiger partial charge in [0.2, 0.25) is 0 Å². The molecule has 0 bridgehead atoms. The first-order chi connectivity index (χ1) is 18.8. The zero-order chi connectivity index (χ0) is 29.0. The molecule has 212 valence electrons. The molecule has 1 fully saturated rings. The summed E-state index contributed by atoms with van der Waals surface area (Å²) < 4.78 is 44.2. The number of hydrogen-bond donors (Lipinski definition) is 2. The van der Waals surface area contributed by atoms with Crippen molar-refractivity contribution in [2.45, 2.75) is 50.3 Å². The van der Waals surface area contributed by atoms with Crippen LogP contribution in [0.1, 0.15) is 36.6 Å². The van der Waals surface area contributed by atoms with E-state index in [0.717, 1.165) is 64.4 Å². The number of rotatable bonds is 7. The Hall–Kier alpha value is -3.28. The fourth-order valence-corrected chi connectivity index (χ4v) is 7.30. The summed E-state index contributed by atoms with van der Waals surface area (Å²) in [6.45, 7) is 12.3. The number of benzene rings is 1. The van der Waals surface area contributed by atoms with Crippen molar-refractivity contribution in [1.29, 1.82) is 0 Å². The van der Waals surface area contributed by atoms with E-state index in [0.29, 0.717) is 22.2 Å². The maximum Gasteiger partial charge on any atom is 0.408 e. The number of fused-ring (bicyclic) bond motifs is 1. The molecule has 4 heterocycles. The van der Waals surface area contributed by atoms with Crippen LogP contribution >= 0.6 is 20.7 Å². The average Bonchev–Trinajstić information content (AvgIpc) is 3.59. The van der Waals surface area contributed by atoms with Crippen LogP contribution in [0.4, 0.5) is 29.9 Å². The Morgan fingerprint density at radius 3 is 2.55 bits per heavy atom. The van der Waals surface area contributed by atoms with E-state index in [-0.39, 0.29) is 6.54 Å². The minimum Gasteiger partial charge on any atom is -0.356 e. The zero-order valence-corrected chi connectivity index (χ0v) is 24.5. The van der Waals surface area contributed by atoms with Crippen LogP contribution in [0.2, 0.25) is 0 Å². The number of alkyl halides is 3. The Morgan fingerprint density at radius 1 is 1.15 bits per heavy atom. The maximum atomic E-state index is 13.7. The molecule has 3 aromatic rings. The van der Waals surface area contributed by atoms with E-state index in [2.05, 4.69) is 39.8 Å². The second kappa shape index (κ2) is 10.3. The van der Waals surface area contributed by atoms with E-state index in [1.54, 1.807) is 7.05 Å². The number of nitrogens with zero attached hydrogens (tertiary/aromatic N) is 4. The van der Waals surface area contributed by atoms with Gasteiger partial charge >= 0.3 is 6.18 Å². The molecule has 2 aromatic heterocycles. The molecule has 1 saturated heterocycles. The lowest BCUT2D eigenvalue weighted by Gasteiger charge is -2.29. The minimum absolute atomic E-state index is 0.108. The molecule has 5 rings (SSSR count). The van der Waals surface area contributed by atoms with Crippen LogP contribution in [0.15, 0.2) is 54.1 Å². The van der Waals surface area contributed by atoms with Gasteiger partial charge in [0.15, 0.2) is 5.13 Å². The Balaban J connectivity index is 1.51. The van der Waals surface area contributed by atoms with Crippen LogP contribution in [-0.2, 0) is 6.54 Å². The molecule has 6 nitrogen and oxygen atoms in total. The SMILES string of the molecule is C=C1CCCN1c1cccc(Nc2nc(C)c(-c3cc4c(c(S(=C)(=C)NC)c3)C(=C)N(C(C)C(F)(F)F)C4)s2)n1. The quantitative estimate of drug-likeness (QED) is 0.284. The smallest absolute Gasteiger partial charge is 0.356 e. The Labute approximate surface area is 237 Å². The second-order valence-corrected chi connectivity index (χ2v) is 13.8. The van der Waals surface area contributed by atoms with Crippen molar-refractivity contribution in [3.8, 4) is 10.4 Å². The molecule has 11 heteroatoms. The van der Waals surface area contributed by atoms with Crippen LogP contribution in [-0.4, -0.2) is 52.4 Å². The molecule has 40 heavy (non-hydrogen) atoms. The first kappa shape index (κ1) is 28.3. The molecule has 2 N–H and O–H groups in total. The summed E-state index contributed by atoms with van der Waals surface area (Å²) in [5.74, 6) is 10.1. The standard InChI is InChI=1S/C29H33F3N6S2/c1-17-10-9-13-37(17)25-12-8-11-24(35-25)36-28-34-18(2)27(39-28)21-14-22-16-38(20(4)29(30,31)32)19(3)26(22)23(15-21)40(6,7)33-5/h8,11-12,14-15,20,33H,1,3,6-7,9-10,13,16H2,2,4-5H3,(H,34,35,36). The molecule has 1 aromatic carbocycles. The molecule has 0 radical (unpaired) electrons. The number of allylic oxidation sites excluding steroid dienone is 1. The molecule has 0 saturated carbocycles. The highest BCUT2D eigenvalue weighted by molar-refractivity contribution is 8.26. The predicted molar refractivity (Wildman–Crippen MR) is 165 cm³/mol. The predicted octanol–water partition coefficient (Wildman–Crippen LogP) is 7.27. The summed E-state index contributed by atoms with van der Waals surface area (Å²) in [5, 5.41) is 4.00. The van der Waals surface area contributed by atoms with Crippen molar-refractivity contribution in [3.05, 3.63) is 66.0 Å². The van der Waals surface area contributed by atoms with Crippen LogP contribution in [0.3, 0.4) is 0 Å². The maximum absolute atomic E-state index is 13.7. The molecule has 0 amide bonds. The van der Waals surface area contributed by atoms with E-state index in [1.165, 1.54) is 16.2 Å². The fraction of sp³-hybridized carbons (Fsp3) is 0.310. The lowest BCUT2D eigenvalue weighted by molar-refractivity contribution is -0.170. The monoisotopic (exact) mass is 586 g/mol. The van der Waals surface area contributed by atoms with Crippen LogP contribution in [0.5, 0.6) is 0 Å². The lowest BCUT2D eigenvalue weighted by Crippen LogP contribution is -2.39. The molecular weight excluding hydrogens is 553 g/mol. The summed E-state index contributed by atoms with van der Waals surface area (Å²) in [5.41, 5.74) is 4.54. The number of halogens is 3. The van der Waals surface area contributed by atoms with Gasteiger partial charge in [-0.15, -0.1) is 9.39 Å². The zero-order valence-electron chi connectivity index (χ0n) is 22.9. The number of aryl methyl sites for hydroxylation is 1. The van der Waals surface area contributed by atoms with E-state index in [9.17, 15) is 13.2 Å². The van der Waals surface area contributed by atoms with Crippen molar-refractivity contribution in [2.75, 3.05) is 23.8 Å². The van der Waals surface area contributed by atoms with E-state index in [1.807, 2.05) is 37.3 Å². The average molecular weight is 587 g/mol. The van der Waals surface area contributed by atoms with Gasteiger partial charge in [-0.1, -0.05) is 42.3 Å². The summed E-state index contributed by atoms with van der Waals surface area (Å²) in [6.07, 6.45) is -2.35. The van der Waals surface area contributed by atoms with Crippen molar-refractivity contribution in [3.63, 3.8) is 0 Å². The molecule has 1 atom stereocenters. The van der Waals surface area contributed by atoms with Gasteiger partial charge in [-0.2, -0.15) is 13.2 Å². The van der Waals surface area contributed by atoms with Crippen molar-refractivity contribution < 1.29 is 13.2 Å². The van der Waals surface area contributed by atoms with Crippen molar-refractivity contribution >= 4 is 54.9 Å². The summed E-state index contributed by atoms with van der Waals surface area (Å²) >= 11 is 1.47. The fourth-order valence-electron chi connectivity index (χ4n) is 5.13. The molecule has 1 unspecified atom stereocenters. The van der Waals surface area contributed by atoms with Crippen molar-refractivity contribution in [2.24, 2.45) is 0 Å². The number of aromatic nitrogens is 2. The topological polar surface area (TPSA) is 56.3 Å².